The van der Waals surface area contributed by atoms with Crippen molar-refractivity contribution in [1.82, 2.24) is 0 Å². The van der Waals surface area contributed by atoms with Crippen LogP contribution >= 0.6 is 0 Å². The molecule has 0 aromatic heterocycles. The summed E-state index contributed by atoms with van der Waals surface area (Å²) in [5.74, 6) is -0.745. The van der Waals surface area contributed by atoms with E-state index in [4.69, 9.17) is 37.9 Å². The normalized spacial score (nSPS) is 12.7. The fourth-order valence-corrected chi connectivity index (χ4v) is 4.59. The van der Waals surface area contributed by atoms with E-state index in [9.17, 15) is 9.59 Å². The smallest absolute Gasteiger partial charge is 0.305 e. The van der Waals surface area contributed by atoms with Crippen LogP contribution in [-0.2, 0) is 47.5 Å². The maximum atomic E-state index is 12.1. The molecule has 0 rings (SSSR count). The summed E-state index contributed by atoms with van der Waals surface area (Å²) in [4.78, 5) is 24.3. The molecule has 0 N–H and O–H groups in total. The van der Waals surface area contributed by atoms with Crippen LogP contribution in [0.1, 0.15) is 150 Å². The van der Waals surface area contributed by atoms with Crippen LogP contribution in [0.3, 0.4) is 0 Å². The van der Waals surface area contributed by atoms with Gasteiger partial charge < -0.3 is 37.9 Å². The molecule has 0 radical (unpaired) electrons. The Balaban J connectivity index is 4.13. The van der Waals surface area contributed by atoms with E-state index in [1.165, 1.54) is 51.4 Å². The minimum absolute atomic E-state index is 0.122. The first-order valence-corrected chi connectivity index (χ1v) is 19.0. The van der Waals surface area contributed by atoms with Crippen LogP contribution in [0.2, 0.25) is 0 Å². The maximum absolute atomic E-state index is 12.1. The summed E-state index contributed by atoms with van der Waals surface area (Å²) >= 11 is 0. The molecule has 0 aromatic carbocycles. The summed E-state index contributed by atoms with van der Waals surface area (Å²) in [6.07, 6.45) is 17.8. The number of carbonyl (C=O) groups excluding carboxylic acids is 2. The van der Waals surface area contributed by atoms with E-state index in [0.717, 1.165) is 51.4 Å². The van der Waals surface area contributed by atoms with Crippen LogP contribution in [0.15, 0.2) is 0 Å². The molecule has 47 heavy (non-hydrogen) atoms. The Labute approximate surface area is 287 Å². The second kappa shape index (κ2) is 37.5. The zero-order valence-electron chi connectivity index (χ0n) is 30.7. The van der Waals surface area contributed by atoms with Gasteiger partial charge in [0.15, 0.2) is 12.6 Å². The van der Waals surface area contributed by atoms with Crippen LogP contribution in [0, 0.1) is 0 Å². The number of unbranched alkanes of at least 4 members (excludes halogenated alkanes) is 12. The van der Waals surface area contributed by atoms with Crippen LogP contribution in [0.5, 0.6) is 0 Å². The molecule has 0 heterocycles. The standard InChI is InChI=1S/C37H72O10/c1-5-9-13-17-24-40-32-36(44-26-19-15-11-7-3)46-30-28-42-34(38)22-21-23-35(39)43-29-31-47-37(45-27-20-16-12-8-4)33-41-25-18-14-10-6-2/h36-37H,5-33H2,1-4H3. The minimum Gasteiger partial charge on any atom is -0.463 e. The summed E-state index contributed by atoms with van der Waals surface area (Å²) in [5.41, 5.74) is 0. The van der Waals surface area contributed by atoms with E-state index in [-0.39, 0.29) is 51.2 Å². The van der Waals surface area contributed by atoms with Crippen LogP contribution in [0.4, 0.5) is 0 Å². The predicted octanol–water partition coefficient (Wildman–Crippen LogP) is 8.32. The molecule has 0 spiro atoms. The number of hydrogen-bond acceptors (Lipinski definition) is 10. The third kappa shape index (κ3) is 34.4. The van der Waals surface area contributed by atoms with Gasteiger partial charge in [0.05, 0.1) is 26.4 Å². The van der Waals surface area contributed by atoms with E-state index >= 15 is 0 Å². The third-order valence-corrected chi connectivity index (χ3v) is 7.46. The highest BCUT2D eigenvalue weighted by Gasteiger charge is 2.13. The summed E-state index contributed by atoms with van der Waals surface area (Å²) in [6.45, 7) is 12.8. The summed E-state index contributed by atoms with van der Waals surface area (Å²) in [6, 6.07) is 0. The van der Waals surface area contributed by atoms with E-state index in [1.54, 1.807) is 0 Å². The van der Waals surface area contributed by atoms with Crippen LogP contribution in [-0.4, -0.2) is 90.6 Å². The molecule has 2 atom stereocenters. The molecular formula is C37H72O10. The molecule has 0 amide bonds. The fourth-order valence-electron chi connectivity index (χ4n) is 4.59. The van der Waals surface area contributed by atoms with Gasteiger partial charge in [0.1, 0.15) is 13.2 Å². The Morgan fingerprint density at radius 1 is 0.383 bits per heavy atom. The van der Waals surface area contributed by atoms with Crippen molar-refractivity contribution >= 4 is 11.9 Å². The maximum Gasteiger partial charge on any atom is 0.305 e. The van der Waals surface area contributed by atoms with E-state index < -0.39 is 12.6 Å². The average Bonchev–Trinajstić information content (AvgIpc) is 3.07. The van der Waals surface area contributed by atoms with Gasteiger partial charge in [-0.1, -0.05) is 105 Å². The van der Waals surface area contributed by atoms with E-state index in [1.807, 2.05) is 0 Å². The Morgan fingerprint density at radius 2 is 0.723 bits per heavy atom. The first-order chi connectivity index (χ1) is 23.1. The highest BCUT2D eigenvalue weighted by Crippen LogP contribution is 2.07. The average molecular weight is 677 g/mol. The summed E-state index contributed by atoms with van der Waals surface area (Å²) in [5, 5.41) is 0. The second-order valence-electron chi connectivity index (χ2n) is 12.0. The first-order valence-electron chi connectivity index (χ1n) is 19.0. The summed E-state index contributed by atoms with van der Waals surface area (Å²) < 4.78 is 45.4. The number of ether oxygens (including phenoxy) is 8. The van der Waals surface area contributed by atoms with Gasteiger partial charge in [-0.25, -0.2) is 0 Å². The highest BCUT2D eigenvalue weighted by atomic mass is 16.7. The molecule has 0 aliphatic heterocycles. The van der Waals surface area contributed by atoms with E-state index in [2.05, 4.69) is 27.7 Å². The van der Waals surface area contributed by atoms with E-state index in [0.29, 0.717) is 46.1 Å². The number of carbonyl (C=O) groups is 2. The number of rotatable bonds is 38. The zero-order valence-corrected chi connectivity index (χ0v) is 30.7. The van der Waals surface area contributed by atoms with Crippen molar-refractivity contribution in [3.8, 4) is 0 Å². The van der Waals surface area contributed by atoms with Gasteiger partial charge in [-0.15, -0.1) is 0 Å². The van der Waals surface area contributed by atoms with Gasteiger partial charge in [-0.3, -0.25) is 9.59 Å². The molecule has 280 valence electrons. The first kappa shape index (κ1) is 45.7. The lowest BCUT2D eigenvalue weighted by Crippen LogP contribution is -2.26. The molecule has 2 unspecified atom stereocenters. The van der Waals surface area contributed by atoms with Gasteiger partial charge in [0, 0.05) is 39.3 Å². The number of esters is 2. The molecule has 0 saturated carbocycles. The van der Waals surface area contributed by atoms with Crippen LogP contribution in [0.25, 0.3) is 0 Å². The zero-order chi connectivity index (χ0) is 34.5. The second-order valence-corrected chi connectivity index (χ2v) is 12.0. The molecule has 0 saturated heterocycles. The van der Waals surface area contributed by atoms with Gasteiger partial charge in [0.2, 0.25) is 0 Å². The molecule has 10 nitrogen and oxygen atoms in total. The lowest BCUT2D eigenvalue weighted by Gasteiger charge is -2.19. The minimum atomic E-state index is -0.476. The Kier molecular flexibility index (Phi) is 36.5. The van der Waals surface area contributed by atoms with Crippen molar-refractivity contribution in [2.24, 2.45) is 0 Å². The molecular weight excluding hydrogens is 604 g/mol. The summed E-state index contributed by atoms with van der Waals surface area (Å²) in [7, 11) is 0. The van der Waals surface area contributed by atoms with Crippen molar-refractivity contribution < 1.29 is 47.5 Å². The molecule has 0 aliphatic carbocycles. The van der Waals surface area contributed by atoms with Crippen molar-refractivity contribution in [1.29, 1.82) is 0 Å². The molecule has 0 aliphatic rings. The fraction of sp³-hybridized carbons (Fsp3) is 0.946. The van der Waals surface area contributed by atoms with Gasteiger partial charge in [0.25, 0.3) is 0 Å². The Hall–Kier alpha value is -1.30. The lowest BCUT2D eigenvalue weighted by molar-refractivity contribution is -0.182. The Bertz CT molecular complexity index is 609. The quantitative estimate of drug-likeness (QED) is 0.0360. The lowest BCUT2D eigenvalue weighted by atomic mass is 10.2. The van der Waals surface area contributed by atoms with Gasteiger partial charge in [-0.05, 0) is 32.1 Å². The van der Waals surface area contributed by atoms with Crippen molar-refractivity contribution in [2.45, 2.75) is 162 Å². The van der Waals surface area contributed by atoms with Crippen LogP contribution < -0.4 is 0 Å². The molecule has 10 heteroatoms. The topological polar surface area (TPSA) is 108 Å². The van der Waals surface area contributed by atoms with Crippen molar-refractivity contribution in [3.63, 3.8) is 0 Å². The molecule has 0 fully saturated rings. The van der Waals surface area contributed by atoms with Gasteiger partial charge >= 0.3 is 11.9 Å². The third-order valence-electron chi connectivity index (χ3n) is 7.46. The number of hydrogen-bond donors (Lipinski definition) is 0. The largest absolute Gasteiger partial charge is 0.463 e. The highest BCUT2D eigenvalue weighted by molar-refractivity contribution is 5.72. The van der Waals surface area contributed by atoms with Crippen molar-refractivity contribution in [2.75, 3.05) is 66.1 Å². The SMILES string of the molecule is CCCCCCOCC(OCCCCCC)OCCOC(=O)CCCC(=O)OCCOC(COCCCCCC)OCCCCCC. The van der Waals surface area contributed by atoms with Crippen molar-refractivity contribution in [3.05, 3.63) is 0 Å². The monoisotopic (exact) mass is 677 g/mol. The Morgan fingerprint density at radius 3 is 1.09 bits per heavy atom. The molecule has 0 aromatic rings. The predicted molar refractivity (Wildman–Crippen MR) is 185 cm³/mol. The molecule has 0 bridgehead atoms. The van der Waals surface area contributed by atoms with Gasteiger partial charge in [-0.2, -0.15) is 0 Å².